The fourth-order valence-electron chi connectivity index (χ4n) is 2.96. The lowest BCUT2D eigenvalue weighted by Crippen LogP contribution is -2.30. The van der Waals surface area contributed by atoms with Crippen LogP contribution in [0.3, 0.4) is 0 Å². The summed E-state index contributed by atoms with van der Waals surface area (Å²) in [7, 11) is 0. The number of benzene rings is 2. The van der Waals surface area contributed by atoms with Crippen molar-refractivity contribution in [3.8, 4) is 16.9 Å². The number of hydrogen-bond acceptors (Lipinski definition) is 1. The molecule has 0 spiro atoms. The summed E-state index contributed by atoms with van der Waals surface area (Å²) in [5.74, 6) is -0.478. The van der Waals surface area contributed by atoms with E-state index in [2.05, 4.69) is 5.32 Å². The number of nitrogens with zero attached hydrogens (tertiary/aromatic N) is 1. The van der Waals surface area contributed by atoms with E-state index in [9.17, 15) is 9.18 Å². The molecule has 3 nitrogen and oxygen atoms in total. The van der Waals surface area contributed by atoms with E-state index in [4.69, 9.17) is 11.6 Å². The first kappa shape index (κ1) is 18.2. The van der Waals surface area contributed by atoms with Crippen molar-refractivity contribution in [3.05, 3.63) is 76.7 Å². The average molecular weight is 371 g/mol. The molecular formula is C21H20ClFN2O. The average Bonchev–Trinajstić information content (AvgIpc) is 2.92. The molecule has 0 saturated heterocycles. The van der Waals surface area contributed by atoms with Crippen LogP contribution in [0.4, 0.5) is 4.39 Å². The number of carbonyl (C=O) groups excluding carboxylic acids is 1. The Kier molecular flexibility index (Phi) is 5.14. The fraction of sp³-hybridized carbons (Fsp3) is 0.190. The van der Waals surface area contributed by atoms with Crippen molar-refractivity contribution < 1.29 is 9.18 Å². The maximum atomic E-state index is 13.8. The van der Waals surface area contributed by atoms with Crippen LogP contribution in [0.5, 0.6) is 0 Å². The molecule has 0 aliphatic carbocycles. The largest absolute Gasteiger partial charge is 0.350 e. The van der Waals surface area contributed by atoms with Gasteiger partial charge in [0, 0.05) is 22.4 Å². The van der Waals surface area contributed by atoms with E-state index in [0.717, 1.165) is 17.0 Å². The summed E-state index contributed by atoms with van der Waals surface area (Å²) in [5.41, 5.74) is 3.67. The molecule has 134 valence electrons. The Labute approximate surface area is 157 Å². The molecule has 5 heteroatoms. The molecule has 0 saturated carbocycles. The maximum Gasteiger partial charge on any atom is 0.253 e. The molecule has 3 rings (SSSR count). The molecule has 0 radical (unpaired) electrons. The zero-order valence-corrected chi connectivity index (χ0v) is 15.6. The third-order valence-corrected chi connectivity index (χ3v) is 4.37. The van der Waals surface area contributed by atoms with Crippen LogP contribution in [-0.2, 0) is 0 Å². The van der Waals surface area contributed by atoms with E-state index < -0.39 is 0 Å². The van der Waals surface area contributed by atoms with Crippen molar-refractivity contribution in [2.45, 2.75) is 26.8 Å². The first-order valence-electron chi connectivity index (χ1n) is 8.42. The minimum Gasteiger partial charge on any atom is -0.350 e. The number of hydrogen-bond donors (Lipinski definition) is 1. The predicted octanol–water partition coefficient (Wildman–Crippen LogP) is 5.38. The second-order valence-electron chi connectivity index (χ2n) is 6.48. The summed E-state index contributed by atoms with van der Waals surface area (Å²) >= 11 is 6.00. The van der Waals surface area contributed by atoms with Crippen molar-refractivity contribution >= 4 is 17.5 Å². The smallest absolute Gasteiger partial charge is 0.253 e. The minimum atomic E-state index is -0.328. The van der Waals surface area contributed by atoms with Crippen LogP contribution in [0.1, 0.15) is 29.9 Å². The van der Waals surface area contributed by atoms with Crippen LogP contribution < -0.4 is 5.32 Å². The minimum absolute atomic E-state index is 0.0263. The van der Waals surface area contributed by atoms with Crippen LogP contribution in [-0.4, -0.2) is 16.5 Å². The van der Waals surface area contributed by atoms with Crippen LogP contribution in [0, 0.1) is 12.7 Å². The summed E-state index contributed by atoms with van der Waals surface area (Å²) in [6, 6.07) is 15.6. The quantitative estimate of drug-likeness (QED) is 0.657. The van der Waals surface area contributed by atoms with Gasteiger partial charge in [0.05, 0.1) is 11.3 Å². The summed E-state index contributed by atoms with van der Waals surface area (Å²) < 4.78 is 15.7. The molecule has 0 atom stereocenters. The summed E-state index contributed by atoms with van der Waals surface area (Å²) in [5, 5.41) is 3.55. The molecule has 0 aliphatic heterocycles. The van der Waals surface area contributed by atoms with Gasteiger partial charge >= 0.3 is 0 Å². The third kappa shape index (κ3) is 3.65. The van der Waals surface area contributed by atoms with Crippen molar-refractivity contribution in [2.75, 3.05) is 0 Å². The predicted molar refractivity (Wildman–Crippen MR) is 104 cm³/mol. The highest BCUT2D eigenvalue weighted by atomic mass is 35.5. The molecule has 2 aromatic carbocycles. The Hall–Kier alpha value is -2.59. The topological polar surface area (TPSA) is 34.0 Å². The Morgan fingerprint density at radius 3 is 2.42 bits per heavy atom. The Morgan fingerprint density at radius 2 is 1.81 bits per heavy atom. The van der Waals surface area contributed by atoms with Crippen molar-refractivity contribution in [1.82, 2.24) is 9.88 Å². The molecule has 26 heavy (non-hydrogen) atoms. The van der Waals surface area contributed by atoms with Crippen LogP contribution in [0.15, 0.2) is 54.6 Å². The van der Waals surface area contributed by atoms with Gasteiger partial charge in [-0.3, -0.25) is 4.79 Å². The van der Waals surface area contributed by atoms with E-state index in [0.29, 0.717) is 16.3 Å². The van der Waals surface area contributed by atoms with Crippen LogP contribution in [0.2, 0.25) is 5.02 Å². The molecule has 0 unspecified atom stereocenters. The number of rotatable bonds is 4. The summed E-state index contributed by atoms with van der Waals surface area (Å²) in [4.78, 5) is 12.6. The normalized spacial score (nSPS) is 11.0. The second-order valence-corrected chi connectivity index (χ2v) is 6.92. The van der Waals surface area contributed by atoms with Crippen molar-refractivity contribution in [2.24, 2.45) is 0 Å². The monoisotopic (exact) mass is 370 g/mol. The Balaban J connectivity index is 2.21. The van der Waals surface area contributed by atoms with Gasteiger partial charge in [-0.25, -0.2) is 4.39 Å². The van der Waals surface area contributed by atoms with E-state index in [1.165, 1.54) is 12.1 Å². The molecule has 0 fully saturated rings. The molecule has 0 bridgehead atoms. The highest BCUT2D eigenvalue weighted by molar-refractivity contribution is 6.30. The summed E-state index contributed by atoms with van der Waals surface area (Å²) in [6.45, 7) is 5.69. The Morgan fingerprint density at radius 1 is 1.12 bits per heavy atom. The van der Waals surface area contributed by atoms with E-state index >= 15 is 0 Å². The lowest BCUT2D eigenvalue weighted by molar-refractivity contribution is 0.0942. The lowest BCUT2D eigenvalue weighted by Gasteiger charge is -2.13. The van der Waals surface area contributed by atoms with E-state index in [1.54, 1.807) is 18.2 Å². The van der Waals surface area contributed by atoms with E-state index in [-0.39, 0.29) is 17.8 Å². The third-order valence-electron chi connectivity index (χ3n) is 4.12. The molecule has 1 heterocycles. The fourth-order valence-corrected chi connectivity index (χ4v) is 3.08. The molecule has 1 amide bonds. The SMILES string of the molecule is Cc1c(C(=O)NC(C)C)cc(-c2ccc(Cl)cc2)n1-c1cccc(F)c1. The van der Waals surface area contributed by atoms with Gasteiger partial charge in [-0.1, -0.05) is 29.8 Å². The molecule has 0 aliphatic rings. The zero-order chi connectivity index (χ0) is 18.8. The highest BCUT2D eigenvalue weighted by Gasteiger charge is 2.20. The molecule has 1 N–H and O–H groups in total. The van der Waals surface area contributed by atoms with Crippen molar-refractivity contribution in [3.63, 3.8) is 0 Å². The zero-order valence-electron chi connectivity index (χ0n) is 14.9. The number of amides is 1. The standard InChI is InChI=1S/C21H20ClFN2O/c1-13(2)24-21(26)19-12-20(15-7-9-16(22)10-8-15)25(14(19)3)18-6-4-5-17(23)11-18/h4-13H,1-3H3,(H,24,26). The first-order valence-corrected chi connectivity index (χ1v) is 8.79. The van der Waals surface area contributed by atoms with Gasteiger partial charge in [0.15, 0.2) is 0 Å². The van der Waals surface area contributed by atoms with Gasteiger partial charge in [0.2, 0.25) is 0 Å². The summed E-state index contributed by atoms with van der Waals surface area (Å²) in [6.07, 6.45) is 0. The van der Waals surface area contributed by atoms with Gasteiger partial charge in [0.25, 0.3) is 5.91 Å². The Bertz CT molecular complexity index is 945. The van der Waals surface area contributed by atoms with Gasteiger partial charge in [-0.2, -0.15) is 0 Å². The lowest BCUT2D eigenvalue weighted by atomic mass is 10.1. The second kappa shape index (κ2) is 7.34. The van der Waals surface area contributed by atoms with Gasteiger partial charge in [-0.15, -0.1) is 0 Å². The maximum absolute atomic E-state index is 13.8. The molecule has 1 aromatic heterocycles. The number of halogens is 2. The van der Waals surface area contributed by atoms with Gasteiger partial charge in [-0.05, 0) is 62.7 Å². The van der Waals surface area contributed by atoms with Crippen LogP contribution >= 0.6 is 11.6 Å². The number of carbonyl (C=O) groups is 1. The highest BCUT2D eigenvalue weighted by Crippen LogP contribution is 2.30. The first-order chi connectivity index (χ1) is 12.4. The number of aromatic nitrogens is 1. The molecular weight excluding hydrogens is 351 g/mol. The van der Waals surface area contributed by atoms with E-state index in [1.807, 2.05) is 49.6 Å². The van der Waals surface area contributed by atoms with Crippen LogP contribution in [0.25, 0.3) is 16.9 Å². The molecule has 3 aromatic rings. The number of nitrogens with one attached hydrogen (secondary N) is 1. The van der Waals surface area contributed by atoms with Crippen molar-refractivity contribution in [1.29, 1.82) is 0 Å². The van der Waals surface area contributed by atoms with Gasteiger partial charge in [0.1, 0.15) is 5.82 Å². The van der Waals surface area contributed by atoms with Gasteiger partial charge < -0.3 is 9.88 Å².